The summed E-state index contributed by atoms with van der Waals surface area (Å²) in [5.74, 6) is 0. The van der Waals surface area contributed by atoms with E-state index >= 15 is 0 Å². The summed E-state index contributed by atoms with van der Waals surface area (Å²) >= 11 is 17.4. The van der Waals surface area contributed by atoms with Crippen molar-refractivity contribution in [2.45, 2.75) is 6.92 Å². The second-order valence-corrected chi connectivity index (χ2v) is 4.68. The number of hydrogen-bond donors (Lipinski definition) is 0. The molecule has 0 radical (unpaired) electrons. The highest BCUT2D eigenvalue weighted by molar-refractivity contribution is 6.41. The maximum atomic E-state index is 11.9. The minimum absolute atomic E-state index is 0.0546. The van der Waals surface area contributed by atoms with Crippen molar-refractivity contribution in [2.24, 2.45) is 0 Å². The van der Waals surface area contributed by atoms with E-state index < -0.39 is 5.56 Å². The molecule has 1 aromatic carbocycles. The molecule has 0 fully saturated rings. The fourth-order valence-electron chi connectivity index (χ4n) is 1.40. The van der Waals surface area contributed by atoms with Crippen molar-refractivity contribution in [3.8, 4) is 5.69 Å². The first-order chi connectivity index (χ1) is 8.00. The van der Waals surface area contributed by atoms with Crippen LogP contribution in [0, 0.1) is 6.92 Å². The van der Waals surface area contributed by atoms with Crippen LogP contribution in [0.2, 0.25) is 15.1 Å². The molecule has 0 bridgehead atoms. The average Bonchev–Trinajstić information content (AvgIpc) is 2.30. The first kappa shape index (κ1) is 12.4. The van der Waals surface area contributed by atoms with Crippen molar-refractivity contribution in [3.05, 3.63) is 55.4 Å². The van der Waals surface area contributed by atoms with Crippen molar-refractivity contribution in [2.75, 3.05) is 0 Å². The third kappa shape index (κ3) is 2.32. The van der Waals surface area contributed by atoms with Crippen LogP contribution in [0.1, 0.15) is 5.56 Å². The fraction of sp³-hybridized carbons (Fsp3) is 0.0909. The zero-order chi connectivity index (χ0) is 12.6. The minimum atomic E-state index is -0.468. The van der Waals surface area contributed by atoms with Crippen LogP contribution in [-0.2, 0) is 0 Å². The lowest BCUT2D eigenvalue weighted by molar-refractivity contribution is 0.802. The van der Waals surface area contributed by atoms with Gasteiger partial charge in [-0.3, -0.25) is 4.79 Å². The van der Waals surface area contributed by atoms with Crippen LogP contribution >= 0.6 is 34.8 Å². The Bertz CT molecular complexity index is 637. The van der Waals surface area contributed by atoms with Gasteiger partial charge in [0.25, 0.3) is 5.56 Å². The van der Waals surface area contributed by atoms with E-state index in [1.54, 1.807) is 18.2 Å². The number of nitrogens with zero attached hydrogens (tertiary/aromatic N) is 2. The van der Waals surface area contributed by atoms with Crippen LogP contribution in [0.3, 0.4) is 0 Å². The number of benzene rings is 1. The highest BCUT2D eigenvalue weighted by Gasteiger charge is 2.11. The molecule has 0 unspecified atom stereocenters. The van der Waals surface area contributed by atoms with E-state index in [9.17, 15) is 4.79 Å². The van der Waals surface area contributed by atoms with Gasteiger partial charge in [0.2, 0.25) is 0 Å². The second kappa shape index (κ2) is 4.69. The van der Waals surface area contributed by atoms with Gasteiger partial charge in [-0.05, 0) is 24.6 Å². The molecular weight excluding hydrogens is 282 g/mol. The topological polar surface area (TPSA) is 34.9 Å². The molecule has 2 aromatic rings. The minimum Gasteiger partial charge on any atom is -0.266 e. The van der Waals surface area contributed by atoms with Gasteiger partial charge < -0.3 is 0 Å². The number of halogens is 3. The van der Waals surface area contributed by atoms with E-state index in [0.29, 0.717) is 10.7 Å². The lowest BCUT2D eigenvalue weighted by atomic mass is 10.2. The third-order valence-corrected chi connectivity index (χ3v) is 3.26. The van der Waals surface area contributed by atoms with E-state index in [1.165, 1.54) is 10.9 Å². The van der Waals surface area contributed by atoms with Crippen LogP contribution in [0.5, 0.6) is 0 Å². The molecule has 1 heterocycles. The third-order valence-electron chi connectivity index (χ3n) is 2.28. The van der Waals surface area contributed by atoms with Gasteiger partial charge in [-0.1, -0.05) is 40.9 Å². The van der Waals surface area contributed by atoms with Crippen LogP contribution in [-0.4, -0.2) is 9.78 Å². The van der Waals surface area contributed by atoms with Gasteiger partial charge in [-0.25, -0.2) is 0 Å². The predicted molar refractivity (Wildman–Crippen MR) is 69.6 cm³/mol. The Hall–Kier alpha value is -1.03. The van der Waals surface area contributed by atoms with Gasteiger partial charge in [0.1, 0.15) is 5.02 Å². The van der Waals surface area contributed by atoms with Crippen LogP contribution < -0.4 is 5.56 Å². The summed E-state index contributed by atoms with van der Waals surface area (Å²) in [6.45, 7) is 1.85. The Morgan fingerprint density at radius 1 is 1.24 bits per heavy atom. The molecule has 0 aliphatic heterocycles. The van der Waals surface area contributed by atoms with Gasteiger partial charge in [-0.2, -0.15) is 9.78 Å². The van der Waals surface area contributed by atoms with E-state index in [-0.39, 0.29) is 10.0 Å². The maximum absolute atomic E-state index is 11.9. The standard InChI is InChI=1S/C11H7Cl3N2O/c1-6-2-3-7(12)4-9(6)16-11(17)10(14)8(13)5-15-16/h2-5H,1H3. The van der Waals surface area contributed by atoms with Gasteiger partial charge in [0, 0.05) is 5.02 Å². The number of aryl methyl sites for hydroxylation is 1. The summed E-state index contributed by atoms with van der Waals surface area (Å²) in [5, 5.41) is 4.54. The quantitative estimate of drug-likeness (QED) is 0.805. The van der Waals surface area contributed by atoms with Crippen LogP contribution in [0.4, 0.5) is 0 Å². The van der Waals surface area contributed by atoms with Gasteiger partial charge in [-0.15, -0.1) is 0 Å². The zero-order valence-electron chi connectivity index (χ0n) is 8.75. The summed E-state index contributed by atoms with van der Waals surface area (Å²) in [6, 6.07) is 5.19. The number of aromatic nitrogens is 2. The van der Waals surface area contributed by atoms with Crippen molar-refractivity contribution >= 4 is 34.8 Å². The Balaban J connectivity index is 2.73. The Labute approximate surface area is 113 Å². The lowest BCUT2D eigenvalue weighted by Crippen LogP contribution is -2.22. The molecule has 0 saturated heterocycles. The Morgan fingerprint density at radius 3 is 2.65 bits per heavy atom. The fourth-order valence-corrected chi connectivity index (χ4v) is 1.81. The smallest absolute Gasteiger partial charge is 0.266 e. The maximum Gasteiger partial charge on any atom is 0.291 e. The van der Waals surface area contributed by atoms with E-state index in [0.717, 1.165) is 5.56 Å². The van der Waals surface area contributed by atoms with Crippen molar-refractivity contribution < 1.29 is 0 Å². The predicted octanol–water partition coefficient (Wildman–Crippen LogP) is 3.50. The summed E-state index contributed by atoms with van der Waals surface area (Å²) in [7, 11) is 0. The molecule has 2 rings (SSSR count). The highest BCUT2D eigenvalue weighted by atomic mass is 35.5. The SMILES string of the molecule is Cc1ccc(Cl)cc1-n1ncc(Cl)c(Cl)c1=O. The number of hydrogen-bond acceptors (Lipinski definition) is 2. The Morgan fingerprint density at radius 2 is 1.94 bits per heavy atom. The summed E-state index contributed by atoms with van der Waals surface area (Å²) in [4.78, 5) is 11.9. The van der Waals surface area contributed by atoms with Crippen molar-refractivity contribution in [1.82, 2.24) is 9.78 Å². The largest absolute Gasteiger partial charge is 0.291 e. The molecule has 0 N–H and O–H groups in total. The summed E-state index contributed by atoms with van der Waals surface area (Å²) in [6.07, 6.45) is 1.33. The van der Waals surface area contributed by atoms with Gasteiger partial charge in [0.15, 0.2) is 0 Å². The molecule has 3 nitrogen and oxygen atoms in total. The van der Waals surface area contributed by atoms with Crippen LogP contribution in [0.15, 0.2) is 29.2 Å². The molecule has 17 heavy (non-hydrogen) atoms. The first-order valence-corrected chi connectivity index (χ1v) is 5.84. The highest BCUT2D eigenvalue weighted by Crippen LogP contribution is 2.20. The molecule has 0 spiro atoms. The summed E-state index contributed by atoms with van der Waals surface area (Å²) in [5.41, 5.74) is 0.980. The molecule has 6 heteroatoms. The molecule has 0 aliphatic rings. The number of rotatable bonds is 1. The Kier molecular flexibility index (Phi) is 3.43. The average molecular weight is 290 g/mol. The van der Waals surface area contributed by atoms with Gasteiger partial charge in [0.05, 0.1) is 16.9 Å². The normalized spacial score (nSPS) is 10.6. The molecule has 0 amide bonds. The van der Waals surface area contributed by atoms with E-state index in [1.807, 2.05) is 6.92 Å². The zero-order valence-corrected chi connectivity index (χ0v) is 11.0. The molecule has 88 valence electrons. The van der Waals surface area contributed by atoms with Gasteiger partial charge >= 0.3 is 0 Å². The van der Waals surface area contributed by atoms with Crippen LogP contribution in [0.25, 0.3) is 5.69 Å². The first-order valence-electron chi connectivity index (χ1n) is 4.70. The van der Waals surface area contributed by atoms with Crippen molar-refractivity contribution in [3.63, 3.8) is 0 Å². The lowest BCUT2D eigenvalue weighted by Gasteiger charge is -2.08. The van der Waals surface area contributed by atoms with E-state index in [2.05, 4.69) is 5.10 Å². The second-order valence-electron chi connectivity index (χ2n) is 3.45. The molecule has 0 saturated carbocycles. The summed E-state index contributed by atoms with van der Waals surface area (Å²) < 4.78 is 1.18. The monoisotopic (exact) mass is 288 g/mol. The molecule has 0 aliphatic carbocycles. The molecule has 0 atom stereocenters. The molecule has 1 aromatic heterocycles. The van der Waals surface area contributed by atoms with Crippen molar-refractivity contribution in [1.29, 1.82) is 0 Å². The van der Waals surface area contributed by atoms with E-state index in [4.69, 9.17) is 34.8 Å². The molecular formula is C11H7Cl3N2O.